The number of nitrogen functional groups attached to an aromatic ring is 1. The molecule has 4 N–H and O–H groups in total. The van der Waals surface area contributed by atoms with Crippen LogP contribution in [0.25, 0.3) is 0 Å². The standard InChI is InChI=1S/C11H16BrN3O/c12-9-5-14-6-10(13)11(9)15-7-1-3-8(16)4-2-7/h5-8,16H,1-4,13H2,(H,14,15). The largest absolute Gasteiger partial charge is 0.396 e. The number of nitrogens with zero attached hydrogens (tertiary/aromatic N) is 1. The van der Waals surface area contributed by atoms with Crippen LogP contribution in [0.15, 0.2) is 16.9 Å². The van der Waals surface area contributed by atoms with Gasteiger partial charge in [-0.05, 0) is 41.6 Å². The van der Waals surface area contributed by atoms with Crippen LogP contribution in [-0.4, -0.2) is 22.2 Å². The summed E-state index contributed by atoms with van der Waals surface area (Å²) in [5.41, 5.74) is 7.43. The Morgan fingerprint density at radius 1 is 1.31 bits per heavy atom. The first-order valence-electron chi connectivity index (χ1n) is 5.50. The maximum absolute atomic E-state index is 9.43. The molecule has 0 bridgehead atoms. The van der Waals surface area contributed by atoms with Gasteiger partial charge in [0.05, 0.1) is 28.1 Å². The summed E-state index contributed by atoms with van der Waals surface area (Å²) in [6.45, 7) is 0. The number of nitrogens with two attached hydrogens (primary N) is 1. The van der Waals surface area contributed by atoms with Crippen molar-refractivity contribution in [3.8, 4) is 0 Å². The van der Waals surface area contributed by atoms with Crippen LogP contribution in [0.1, 0.15) is 25.7 Å². The Labute approximate surface area is 103 Å². The first kappa shape index (κ1) is 11.7. The van der Waals surface area contributed by atoms with Gasteiger partial charge in [-0.25, -0.2) is 0 Å². The fourth-order valence-corrected chi connectivity index (χ4v) is 2.49. The van der Waals surface area contributed by atoms with E-state index < -0.39 is 0 Å². The molecule has 1 heterocycles. The lowest BCUT2D eigenvalue weighted by Crippen LogP contribution is -2.28. The van der Waals surface area contributed by atoms with Gasteiger partial charge in [0.1, 0.15) is 0 Å². The van der Waals surface area contributed by atoms with E-state index in [1.807, 2.05) is 0 Å². The lowest BCUT2D eigenvalue weighted by atomic mass is 9.93. The quantitative estimate of drug-likeness (QED) is 0.779. The van der Waals surface area contributed by atoms with Gasteiger partial charge in [-0.2, -0.15) is 0 Å². The number of aromatic nitrogens is 1. The molecular weight excluding hydrogens is 270 g/mol. The minimum absolute atomic E-state index is 0.128. The Balaban J connectivity index is 2.04. The number of anilines is 2. The van der Waals surface area contributed by atoms with E-state index in [1.165, 1.54) is 0 Å². The third-order valence-corrected chi connectivity index (χ3v) is 3.58. The topological polar surface area (TPSA) is 71.2 Å². The van der Waals surface area contributed by atoms with Crippen LogP contribution in [0.4, 0.5) is 11.4 Å². The van der Waals surface area contributed by atoms with Gasteiger partial charge in [0.2, 0.25) is 0 Å². The molecule has 0 saturated heterocycles. The summed E-state index contributed by atoms with van der Waals surface area (Å²) in [4.78, 5) is 4.00. The van der Waals surface area contributed by atoms with E-state index in [0.717, 1.165) is 35.8 Å². The van der Waals surface area contributed by atoms with Gasteiger partial charge in [0, 0.05) is 12.2 Å². The molecule has 0 radical (unpaired) electrons. The Kier molecular flexibility index (Phi) is 3.66. The summed E-state index contributed by atoms with van der Waals surface area (Å²) in [6, 6.07) is 0.393. The molecule has 1 aromatic heterocycles. The highest BCUT2D eigenvalue weighted by Gasteiger charge is 2.20. The smallest absolute Gasteiger partial charge is 0.0752 e. The first-order chi connectivity index (χ1) is 7.66. The van der Waals surface area contributed by atoms with Crippen molar-refractivity contribution in [3.05, 3.63) is 16.9 Å². The minimum atomic E-state index is -0.128. The number of hydrogen-bond acceptors (Lipinski definition) is 4. The molecule has 0 spiro atoms. The highest BCUT2D eigenvalue weighted by atomic mass is 79.9. The lowest BCUT2D eigenvalue weighted by Gasteiger charge is -2.27. The van der Waals surface area contributed by atoms with Crippen molar-refractivity contribution in [1.82, 2.24) is 4.98 Å². The third kappa shape index (κ3) is 2.65. The second kappa shape index (κ2) is 5.01. The second-order valence-corrected chi connectivity index (χ2v) is 5.09. The fourth-order valence-electron chi connectivity index (χ4n) is 2.03. The molecule has 0 atom stereocenters. The number of hydrogen-bond donors (Lipinski definition) is 3. The molecule has 1 aliphatic carbocycles. The van der Waals surface area contributed by atoms with Gasteiger partial charge in [-0.1, -0.05) is 0 Å². The van der Waals surface area contributed by atoms with E-state index in [-0.39, 0.29) is 6.10 Å². The molecular formula is C11H16BrN3O. The average Bonchev–Trinajstić information content (AvgIpc) is 2.26. The number of nitrogens with one attached hydrogen (secondary N) is 1. The van der Waals surface area contributed by atoms with E-state index in [1.54, 1.807) is 12.4 Å². The van der Waals surface area contributed by atoms with Crippen LogP contribution in [0, 0.1) is 0 Å². The van der Waals surface area contributed by atoms with Crippen molar-refractivity contribution < 1.29 is 5.11 Å². The van der Waals surface area contributed by atoms with Gasteiger partial charge < -0.3 is 16.2 Å². The Hall–Kier alpha value is -0.810. The molecule has 1 aromatic rings. The van der Waals surface area contributed by atoms with Crippen LogP contribution in [0.5, 0.6) is 0 Å². The summed E-state index contributed by atoms with van der Waals surface area (Å²) in [7, 11) is 0. The number of pyridine rings is 1. The number of halogens is 1. The lowest BCUT2D eigenvalue weighted by molar-refractivity contribution is 0.126. The molecule has 88 valence electrons. The highest BCUT2D eigenvalue weighted by molar-refractivity contribution is 9.10. The van der Waals surface area contributed by atoms with Gasteiger partial charge in [0.25, 0.3) is 0 Å². The van der Waals surface area contributed by atoms with Gasteiger partial charge >= 0.3 is 0 Å². The first-order valence-corrected chi connectivity index (χ1v) is 6.29. The van der Waals surface area contributed by atoms with E-state index in [0.29, 0.717) is 11.7 Å². The van der Waals surface area contributed by atoms with Crippen molar-refractivity contribution >= 4 is 27.3 Å². The molecule has 1 saturated carbocycles. The third-order valence-electron chi connectivity index (χ3n) is 2.97. The predicted octanol–water partition coefficient (Wildman–Crippen LogP) is 2.14. The minimum Gasteiger partial charge on any atom is -0.396 e. The van der Waals surface area contributed by atoms with Crippen molar-refractivity contribution in [2.75, 3.05) is 11.1 Å². The van der Waals surface area contributed by atoms with E-state index >= 15 is 0 Å². The molecule has 0 unspecified atom stereocenters. The fraction of sp³-hybridized carbons (Fsp3) is 0.545. The average molecular weight is 286 g/mol. The van der Waals surface area contributed by atoms with Gasteiger partial charge in [-0.3, -0.25) is 4.98 Å². The van der Waals surface area contributed by atoms with Gasteiger partial charge in [-0.15, -0.1) is 0 Å². The molecule has 16 heavy (non-hydrogen) atoms. The summed E-state index contributed by atoms with van der Waals surface area (Å²) in [5, 5.41) is 12.8. The summed E-state index contributed by atoms with van der Waals surface area (Å²) in [5.74, 6) is 0. The summed E-state index contributed by atoms with van der Waals surface area (Å²) < 4.78 is 0.888. The van der Waals surface area contributed by atoms with Crippen LogP contribution in [-0.2, 0) is 0 Å². The SMILES string of the molecule is Nc1cncc(Br)c1NC1CCC(O)CC1. The Morgan fingerprint density at radius 3 is 2.62 bits per heavy atom. The van der Waals surface area contributed by atoms with E-state index in [4.69, 9.17) is 5.73 Å². The van der Waals surface area contributed by atoms with E-state index in [2.05, 4.69) is 26.2 Å². The molecule has 5 heteroatoms. The molecule has 0 aliphatic heterocycles. The van der Waals surface area contributed by atoms with Crippen LogP contribution in [0.2, 0.25) is 0 Å². The monoisotopic (exact) mass is 285 g/mol. The zero-order valence-electron chi connectivity index (χ0n) is 8.99. The van der Waals surface area contributed by atoms with Crippen molar-refractivity contribution in [3.63, 3.8) is 0 Å². The molecule has 0 aromatic carbocycles. The summed E-state index contributed by atoms with van der Waals surface area (Å²) >= 11 is 3.43. The van der Waals surface area contributed by atoms with Crippen LogP contribution < -0.4 is 11.1 Å². The number of aliphatic hydroxyl groups excluding tert-OH is 1. The number of aliphatic hydroxyl groups is 1. The maximum Gasteiger partial charge on any atom is 0.0752 e. The van der Waals surface area contributed by atoms with Crippen molar-refractivity contribution in [2.45, 2.75) is 37.8 Å². The highest BCUT2D eigenvalue weighted by Crippen LogP contribution is 2.30. The van der Waals surface area contributed by atoms with Crippen LogP contribution >= 0.6 is 15.9 Å². The van der Waals surface area contributed by atoms with Crippen molar-refractivity contribution in [2.24, 2.45) is 0 Å². The molecule has 1 aliphatic rings. The van der Waals surface area contributed by atoms with Crippen LogP contribution in [0.3, 0.4) is 0 Å². The Morgan fingerprint density at radius 2 is 2.00 bits per heavy atom. The maximum atomic E-state index is 9.43. The molecule has 4 nitrogen and oxygen atoms in total. The van der Waals surface area contributed by atoms with Crippen molar-refractivity contribution in [1.29, 1.82) is 0 Å². The zero-order valence-corrected chi connectivity index (χ0v) is 10.6. The summed E-state index contributed by atoms with van der Waals surface area (Å²) in [6.07, 6.45) is 6.93. The zero-order chi connectivity index (χ0) is 11.5. The number of rotatable bonds is 2. The molecule has 1 fully saturated rings. The van der Waals surface area contributed by atoms with E-state index in [9.17, 15) is 5.11 Å². The molecule has 2 rings (SSSR count). The normalized spacial score (nSPS) is 25.4. The molecule has 0 amide bonds. The predicted molar refractivity (Wildman–Crippen MR) is 68.2 cm³/mol. The second-order valence-electron chi connectivity index (χ2n) is 4.24. The Bertz CT molecular complexity index is 344. The van der Waals surface area contributed by atoms with Gasteiger partial charge in [0.15, 0.2) is 0 Å².